The van der Waals surface area contributed by atoms with Gasteiger partial charge in [-0.1, -0.05) is 42.5 Å². The normalized spacial score (nSPS) is 16.0. The van der Waals surface area contributed by atoms with Crippen molar-refractivity contribution in [1.29, 1.82) is 0 Å². The number of benzene rings is 2. The van der Waals surface area contributed by atoms with Crippen LogP contribution in [0.25, 0.3) is 10.9 Å². The van der Waals surface area contributed by atoms with Gasteiger partial charge in [0.1, 0.15) is 6.54 Å². The van der Waals surface area contributed by atoms with Crippen LogP contribution in [0.5, 0.6) is 0 Å². The van der Waals surface area contributed by atoms with Gasteiger partial charge in [0.25, 0.3) is 5.56 Å². The van der Waals surface area contributed by atoms with E-state index in [4.69, 9.17) is 4.74 Å². The zero-order valence-electron chi connectivity index (χ0n) is 17.7. The van der Waals surface area contributed by atoms with E-state index in [2.05, 4.69) is 0 Å². The molecule has 0 N–H and O–H groups in total. The number of carbonyl (C=O) groups excluding carboxylic acids is 1. The SMILES string of the molecule is CCN(Cc1ccccc1)C(=O)Cn1c(=O)n(CC2CCCO2)c(=O)c2ccccc21. The van der Waals surface area contributed by atoms with E-state index in [1.165, 1.54) is 9.13 Å². The standard InChI is InChI=1S/C24H27N3O4/c1-2-25(15-18-9-4-3-5-10-18)22(28)17-26-21-13-7-6-12-20(21)23(29)27(24(26)30)16-19-11-8-14-31-19/h3-7,9-10,12-13,19H,2,8,11,14-17H2,1H3. The molecule has 2 heterocycles. The van der Waals surface area contributed by atoms with Gasteiger partial charge in [0.15, 0.2) is 0 Å². The predicted molar refractivity (Wildman–Crippen MR) is 119 cm³/mol. The van der Waals surface area contributed by atoms with Gasteiger partial charge in [-0.15, -0.1) is 0 Å². The van der Waals surface area contributed by atoms with Crippen LogP contribution in [0.3, 0.4) is 0 Å². The van der Waals surface area contributed by atoms with Crippen LogP contribution >= 0.6 is 0 Å². The second-order valence-corrected chi connectivity index (χ2v) is 7.83. The summed E-state index contributed by atoms with van der Waals surface area (Å²) in [4.78, 5) is 41.2. The first-order chi connectivity index (χ1) is 15.1. The number of hydrogen-bond acceptors (Lipinski definition) is 4. The maximum Gasteiger partial charge on any atom is 0.332 e. The smallest absolute Gasteiger partial charge is 0.332 e. The highest BCUT2D eigenvalue weighted by Gasteiger charge is 2.22. The molecular weight excluding hydrogens is 394 g/mol. The van der Waals surface area contributed by atoms with Gasteiger partial charge in [0.05, 0.1) is 23.6 Å². The third kappa shape index (κ3) is 4.46. The topological polar surface area (TPSA) is 73.5 Å². The number of fused-ring (bicyclic) bond motifs is 1. The monoisotopic (exact) mass is 421 g/mol. The fourth-order valence-electron chi connectivity index (χ4n) is 4.09. The lowest BCUT2D eigenvalue weighted by Gasteiger charge is -2.22. The molecule has 1 amide bonds. The van der Waals surface area contributed by atoms with Crippen molar-refractivity contribution in [1.82, 2.24) is 14.0 Å². The number of hydrogen-bond donors (Lipinski definition) is 0. The first-order valence-corrected chi connectivity index (χ1v) is 10.7. The molecule has 7 nitrogen and oxygen atoms in total. The fraction of sp³-hybridized carbons (Fsp3) is 0.375. The molecule has 0 bridgehead atoms. The average Bonchev–Trinajstić information content (AvgIpc) is 3.32. The Morgan fingerprint density at radius 3 is 2.52 bits per heavy atom. The number of likely N-dealkylation sites (N-methyl/N-ethyl adjacent to an activating group) is 1. The molecular formula is C24H27N3O4. The summed E-state index contributed by atoms with van der Waals surface area (Å²) in [5.74, 6) is -0.166. The van der Waals surface area contributed by atoms with Crippen LogP contribution in [0.15, 0.2) is 64.2 Å². The second kappa shape index (κ2) is 9.31. The number of amides is 1. The first-order valence-electron chi connectivity index (χ1n) is 10.7. The molecule has 0 saturated carbocycles. The highest BCUT2D eigenvalue weighted by atomic mass is 16.5. The third-order valence-electron chi connectivity index (χ3n) is 5.79. The van der Waals surface area contributed by atoms with Crippen molar-refractivity contribution < 1.29 is 9.53 Å². The van der Waals surface area contributed by atoms with Crippen LogP contribution in [-0.2, 0) is 29.2 Å². The molecule has 1 aliphatic heterocycles. The fourth-order valence-corrected chi connectivity index (χ4v) is 4.09. The van der Waals surface area contributed by atoms with Crippen LogP contribution in [-0.4, -0.2) is 39.2 Å². The van der Waals surface area contributed by atoms with Gasteiger partial charge < -0.3 is 9.64 Å². The maximum atomic E-state index is 13.3. The van der Waals surface area contributed by atoms with E-state index >= 15 is 0 Å². The molecule has 1 fully saturated rings. The lowest BCUT2D eigenvalue weighted by Crippen LogP contribution is -2.45. The van der Waals surface area contributed by atoms with E-state index in [1.54, 1.807) is 29.2 Å². The third-order valence-corrected chi connectivity index (χ3v) is 5.79. The summed E-state index contributed by atoms with van der Waals surface area (Å²) in [7, 11) is 0. The molecule has 1 atom stereocenters. The van der Waals surface area contributed by atoms with Crippen molar-refractivity contribution in [3.63, 3.8) is 0 Å². The number of para-hydroxylation sites is 1. The Labute approximate surface area is 180 Å². The van der Waals surface area contributed by atoms with E-state index in [0.29, 0.717) is 30.6 Å². The highest BCUT2D eigenvalue weighted by molar-refractivity contribution is 5.81. The molecule has 31 heavy (non-hydrogen) atoms. The van der Waals surface area contributed by atoms with Crippen molar-refractivity contribution in [2.75, 3.05) is 13.2 Å². The Morgan fingerprint density at radius 1 is 1.06 bits per heavy atom. The largest absolute Gasteiger partial charge is 0.376 e. The molecule has 1 aromatic heterocycles. The summed E-state index contributed by atoms with van der Waals surface area (Å²) in [5.41, 5.74) is 0.697. The van der Waals surface area contributed by atoms with Gasteiger partial charge >= 0.3 is 5.69 Å². The second-order valence-electron chi connectivity index (χ2n) is 7.83. The molecule has 7 heteroatoms. The Morgan fingerprint density at radius 2 is 1.81 bits per heavy atom. The van der Waals surface area contributed by atoms with Gasteiger partial charge in [0, 0.05) is 19.7 Å². The highest BCUT2D eigenvalue weighted by Crippen LogP contribution is 2.14. The molecule has 0 radical (unpaired) electrons. The average molecular weight is 421 g/mol. The predicted octanol–water partition coefficient (Wildman–Crippen LogP) is 2.39. The maximum absolute atomic E-state index is 13.3. The summed E-state index contributed by atoms with van der Waals surface area (Å²) in [6.45, 7) is 3.64. The van der Waals surface area contributed by atoms with Crippen LogP contribution in [0, 0.1) is 0 Å². The van der Waals surface area contributed by atoms with Crippen LogP contribution in [0.2, 0.25) is 0 Å². The number of aromatic nitrogens is 2. The van der Waals surface area contributed by atoms with Crippen LogP contribution in [0.1, 0.15) is 25.3 Å². The Kier molecular flexibility index (Phi) is 6.32. The molecule has 0 spiro atoms. The minimum Gasteiger partial charge on any atom is -0.376 e. The van der Waals surface area contributed by atoms with Gasteiger partial charge in [0.2, 0.25) is 5.91 Å². The van der Waals surface area contributed by atoms with E-state index in [0.717, 1.165) is 18.4 Å². The minimum absolute atomic E-state index is 0.119. The van der Waals surface area contributed by atoms with Gasteiger partial charge in [-0.3, -0.25) is 18.7 Å². The summed E-state index contributed by atoms with van der Waals surface area (Å²) >= 11 is 0. The molecule has 4 rings (SSSR count). The quantitative estimate of drug-likeness (QED) is 0.587. The van der Waals surface area contributed by atoms with Crippen molar-refractivity contribution in [2.45, 2.75) is 45.5 Å². The van der Waals surface area contributed by atoms with Gasteiger partial charge in [-0.25, -0.2) is 4.79 Å². The zero-order chi connectivity index (χ0) is 21.8. The summed E-state index contributed by atoms with van der Waals surface area (Å²) < 4.78 is 8.28. The Balaban J connectivity index is 1.69. The van der Waals surface area contributed by atoms with Crippen molar-refractivity contribution >= 4 is 16.8 Å². The zero-order valence-corrected chi connectivity index (χ0v) is 17.7. The molecule has 162 valence electrons. The molecule has 1 saturated heterocycles. The number of nitrogens with zero attached hydrogens (tertiary/aromatic N) is 3. The molecule has 0 aliphatic carbocycles. The lowest BCUT2D eigenvalue weighted by molar-refractivity contribution is -0.132. The summed E-state index contributed by atoms with van der Waals surface area (Å²) in [5, 5.41) is 0.430. The molecule has 1 aliphatic rings. The van der Waals surface area contributed by atoms with E-state index < -0.39 is 5.69 Å². The number of rotatable bonds is 7. The van der Waals surface area contributed by atoms with Crippen LogP contribution in [0.4, 0.5) is 0 Å². The van der Waals surface area contributed by atoms with Crippen LogP contribution < -0.4 is 11.2 Å². The summed E-state index contributed by atoms with van der Waals surface area (Å²) in [6, 6.07) is 16.7. The number of ether oxygens (including phenoxy) is 1. The van der Waals surface area contributed by atoms with Gasteiger partial charge in [-0.05, 0) is 37.5 Å². The molecule has 2 aromatic carbocycles. The van der Waals surface area contributed by atoms with E-state index in [-0.39, 0.29) is 30.7 Å². The summed E-state index contributed by atoms with van der Waals surface area (Å²) in [6.07, 6.45) is 1.59. The minimum atomic E-state index is -0.469. The lowest BCUT2D eigenvalue weighted by atomic mass is 10.2. The first kappa shape index (κ1) is 21.1. The van der Waals surface area contributed by atoms with E-state index in [9.17, 15) is 14.4 Å². The Bertz CT molecular complexity index is 1180. The number of carbonyl (C=O) groups is 1. The van der Waals surface area contributed by atoms with Gasteiger partial charge in [-0.2, -0.15) is 0 Å². The van der Waals surface area contributed by atoms with E-state index in [1.807, 2.05) is 37.3 Å². The van der Waals surface area contributed by atoms with Crippen molar-refractivity contribution in [3.8, 4) is 0 Å². The molecule has 3 aromatic rings. The Hall–Kier alpha value is -3.19. The molecule has 1 unspecified atom stereocenters. The van der Waals surface area contributed by atoms with Crippen molar-refractivity contribution in [2.24, 2.45) is 0 Å². The van der Waals surface area contributed by atoms with Crippen molar-refractivity contribution in [3.05, 3.63) is 81.0 Å².